The molecule has 1 atom stereocenters. The SMILES string of the molecule is Cc1nn(CC(F)(F)F)c(C)c1C1COCCN1C(=O)NOC1CCC1. The second-order valence-corrected chi connectivity index (χ2v) is 6.72. The van der Waals surface area contributed by atoms with Crippen LogP contribution in [0.5, 0.6) is 0 Å². The average molecular weight is 376 g/mol. The second kappa shape index (κ2) is 7.43. The predicted octanol–water partition coefficient (Wildman–Crippen LogP) is 2.63. The van der Waals surface area contributed by atoms with Crippen LogP contribution in [0, 0.1) is 13.8 Å². The van der Waals surface area contributed by atoms with Crippen molar-refractivity contribution in [2.45, 2.75) is 58.0 Å². The third-order valence-electron chi connectivity index (χ3n) is 4.85. The zero-order chi connectivity index (χ0) is 18.9. The van der Waals surface area contributed by atoms with E-state index in [9.17, 15) is 18.0 Å². The van der Waals surface area contributed by atoms with Crippen molar-refractivity contribution in [3.8, 4) is 0 Å². The first kappa shape index (κ1) is 19.0. The largest absolute Gasteiger partial charge is 0.408 e. The van der Waals surface area contributed by atoms with E-state index in [0.29, 0.717) is 30.1 Å². The summed E-state index contributed by atoms with van der Waals surface area (Å²) >= 11 is 0. The van der Waals surface area contributed by atoms with Gasteiger partial charge in [0, 0.05) is 17.8 Å². The van der Waals surface area contributed by atoms with Crippen LogP contribution < -0.4 is 5.48 Å². The molecule has 2 fully saturated rings. The van der Waals surface area contributed by atoms with Crippen LogP contribution in [0.25, 0.3) is 0 Å². The molecule has 0 aromatic carbocycles. The predicted molar refractivity (Wildman–Crippen MR) is 85.3 cm³/mol. The number of hydrogen-bond donors (Lipinski definition) is 1. The second-order valence-electron chi connectivity index (χ2n) is 6.72. The smallest absolute Gasteiger partial charge is 0.377 e. The maximum Gasteiger partial charge on any atom is 0.408 e. The van der Waals surface area contributed by atoms with E-state index >= 15 is 0 Å². The Kier molecular flexibility index (Phi) is 5.42. The van der Waals surface area contributed by atoms with Gasteiger partial charge in [-0.15, -0.1) is 0 Å². The number of alkyl halides is 3. The van der Waals surface area contributed by atoms with Crippen LogP contribution in [0.15, 0.2) is 0 Å². The molecule has 1 unspecified atom stereocenters. The fourth-order valence-corrected chi connectivity index (χ4v) is 3.28. The molecule has 0 bridgehead atoms. The number of urea groups is 1. The first-order chi connectivity index (χ1) is 12.3. The molecular weight excluding hydrogens is 353 g/mol. The average Bonchev–Trinajstić information content (AvgIpc) is 2.78. The Hall–Kier alpha value is -1.81. The van der Waals surface area contributed by atoms with Gasteiger partial charge in [-0.05, 0) is 33.1 Å². The summed E-state index contributed by atoms with van der Waals surface area (Å²) in [7, 11) is 0. The van der Waals surface area contributed by atoms with Gasteiger partial charge in [0.15, 0.2) is 0 Å². The highest BCUT2D eigenvalue weighted by molar-refractivity contribution is 5.74. The topological polar surface area (TPSA) is 68.6 Å². The first-order valence-corrected chi connectivity index (χ1v) is 8.67. The minimum absolute atomic E-state index is 0.0384. The number of rotatable bonds is 4. The lowest BCUT2D eigenvalue weighted by Crippen LogP contribution is -2.49. The molecule has 1 aliphatic heterocycles. The van der Waals surface area contributed by atoms with Crippen LogP contribution in [0.2, 0.25) is 0 Å². The van der Waals surface area contributed by atoms with Crippen LogP contribution in [0.1, 0.15) is 42.3 Å². The summed E-state index contributed by atoms with van der Waals surface area (Å²) in [5, 5.41) is 4.01. The Morgan fingerprint density at radius 2 is 2.12 bits per heavy atom. The van der Waals surface area contributed by atoms with Gasteiger partial charge in [-0.1, -0.05) is 0 Å². The van der Waals surface area contributed by atoms with Gasteiger partial charge in [-0.3, -0.25) is 9.52 Å². The lowest BCUT2D eigenvalue weighted by molar-refractivity contribution is -0.143. The van der Waals surface area contributed by atoms with Crippen molar-refractivity contribution in [3.63, 3.8) is 0 Å². The number of aryl methyl sites for hydroxylation is 1. The first-order valence-electron chi connectivity index (χ1n) is 8.67. The van der Waals surface area contributed by atoms with Crippen molar-refractivity contribution in [2.75, 3.05) is 19.8 Å². The van der Waals surface area contributed by atoms with Crippen LogP contribution in [-0.2, 0) is 16.1 Å². The van der Waals surface area contributed by atoms with Crippen molar-refractivity contribution in [1.29, 1.82) is 0 Å². The normalized spacial score (nSPS) is 21.6. The lowest BCUT2D eigenvalue weighted by atomic mass is 9.97. The molecule has 10 heteroatoms. The molecule has 1 saturated carbocycles. The Morgan fingerprint density at radius 1 is 1.38 bits per heavy atom. The lowest BCUT2D eigenvalue weighted by Gasteiger charge is -2.36. The van der Waals surface area contributed by atoms with Crippen molar-refractivity contribution in [1.82, 2.24) is 20.2 Å². The van der Waals surface area contributed by atoms with Crippen LogP contribution in [0.3, 0.4) is 0 Å². The molecule has 0 radical (unpaired) electrons. The number of nitrogens with zero attached hydrogens (tertiary/aromatic N) is 3. The molecule has 7 nitrogen and oxygen atoms in total. The number of ether oxygens (including phenoxy) is 1. The minimum Gasteiger partial charge on any atom is -0.377 e. The monoisotopic (exact) mass is 376 g/mol. The third-order valence-corrected chi connectivity index (χ3v) is 4.85. The number of carbonyl (C=O) groups excluding carboxylic acids is 1. The van der Waals surface area contributed by atoms with Crippen molar-refractivity contribution in [2.24, 2.45) is 0 Å². The van der Waals surface area contributed by atoms with E-state index in [1.165, 1.54) is 4.90 Å². The van der Waals surface area contributed by atoms with Crippen molar-refractivity contribution in [3.05, 3.63) is 17.0 Å². The van der Waals surface area contributed by atoms with Gasteiger partial charge in [-0.2, -0.15) is 18.3 Å². The summed E-state index contributed by atoms with van der Waals surface area (Å²) in [5.74, 6) is 0. The molecule has 1 aromatic rings. The van der Waals surface area contributed by atoms with E-state index in [1.807, 2.05) is 0 Å². The molecule has 26 heavy (non-hydrogen) atoms. The molecule has 1 aromatic heterocycles. The number of hydroxylamine groups is 1. The summed E-state index contributed by atoms with van der Waals surface area (Å²) in [5.41, 5.74) is 3.89. The van der Waals surface area contributed by atoms with E-state index in [-0.39, 0.29) is 12.7 Å². The highest BCUT2D eigenvalue weighted by atomic mass is 19.4. The highest BCUT2D eigenvalue weighted by Gasteiger charge is 2.35. The summed E-state index contributed by atoms with van der Waals surface area (Å²) in [6, 6.07) is -0.914. The number of halogens is 3. The summed E-state index contributed by atoms with van der Waals surface area (Å²) in [6.07, 6.45) is -1.42. The molecule has 0 spiro atoms. The van der Waals surface area contributed by atoms with E-state index < -0.39 is 24.8 Å². The molecule has 1 saturated heterocycles. The molecular formula is C16H23F3N4O3. The van der Waals surface area contributed by atoms with Gasteiger partial charge in [0.05, 0.1) is 31.1 Å². The van der Waals surface area contributed by atoms with Gasteiger partial charge in [-0.25, -0.2) is 10.3 Å². The van der Waals surface area contributed by atoms with E-state index in [2.05, 4.69) is 10.6 Å². The number of aromatic nitrogens is 2. The van der Waals surface area contributed by atoms with Gasteiger partial charge in [0.1, 0.15) is 6.54 Å². The zero-order valence-electron chi connectivity index (χ0n) is 14.8. The van der Waals surface area contributed by atoms with E-state index in [0.717, 1.165) is 23.9 Å². The maximum atomic E-state index is 12.7. The Bertz CT molecular complexity index is 658. The standard InChI is InChI=1S/C16H23F3N4O3/c1-10-14(11(2)23(20-10)9-16(17,18)19)13-8-25-7-6-22(13)15(24)21-26-12-4-3-5-12/h12-13H,3-9H2,1-2H3,(H,21,24). The molecule has 3 rings (SSSR count). The minimum atomic E-state index is -4.36. The maximum absolute atomic E-state index is 12.7. The molecule has 2 aliphatic rings. The Morgan fingerprint density at radius 3 is 2.73 bits per heavy atom. The fraction of sp³-hybridized carbons (Fsp3) is 0.750. The highest BCUT2D eigenvalue weighted by Crippen LogP contribution is 2.31. The summed E-state index contributed by atoms with van der Waals surface area (Å²) in [4.78, 5) is 19.4. The van der Waals surface area contributed by atoms with Crippen LogP contribution in [0.4, 0.5) is 18.0 Å². The zero-order valence-corrected chi connectivity index (χ0v) is 14.8. The Labute approximate surface area is 149 Å². The summed E-state index contributed by atoms with van der Waals surface area (Å²) < 4.78 is 44.6. The van der Waals surface area contributed by atoms with Gasteiger partial charge < -0.3 is 9.64 Å². The fourth-order valence-electron chi connectivity index (χ4n) is 3.28. The number of amides is 2. The molecule has 1 aliphatic carbocycles. The number of nitrogens with one attached hydrogen (secondary N) is 1. The van der Waals surface area contributed by atoms with Crippen molar-refractivity contribution < 1.29 is 27.5 Å². The molecule has 1 N–H and O–H groups in total. The van der Waals surface area contributed by atoms with E-state index in [4.69, 9.17) is 9.57 Å². The molecule has 146 valence electrons. The quantitative estimate of drug-likeness (QED) is 0.821. The van der Waals surface area contributed by atoms with Gasteiger partial charge in [0.25, 0.3) is 0 Å². The molecule has 2 amide bonds. The number of morpholine rings is 1. The number of hydrogen-bond acceptors (Lipinski definition) is 4. The van der Waals surface area contributed by atoms with Crippen LogP contribution in [-0.4, -0.2) is 52.8 Å². The summed E-state index contributed by atoms with van der Waals surface area (Å²) in [6.45, 7) is 2.96. The number of carbonyl (C=O) groups is 1. The van der Waals surface area contributed by atoms with Gasteiger partial charge >= 0.3 is 12.2 Å². The van der Waals surface area contributed by atoms with Crippen LogP contribution >= 0.6 is 0 Å². The van der Waals surface area contributed by atoms with Gasteiger partial charge in [0.2, 0.25) is 0 Å². The molecule has 2 heterocycles. The third kappa shape index (κ3) is 4.12. The van der Waals surface area contributed by atoms with E-state index in [1.54, 1.807) is 13.8 Å². The van der Waals surface area contributed by atoms with Crippen molar-refractivity contribution >= 4 is 6.03 Å². The Balaban J connectivity index is 1.77.